The van der Waals surface area contributed by atoms with Crippen LogP contribution in [-0.2, 0) is 16.4 Å². The Balaban J connectivity index is 1.88. The topological polar surface area (TPSA) is 74.8 Å². The van der Waals surface area contributed by atoms with E-state index in [0.29, 0.717) is 24.4 Å². The molecule has 0 saturated heterocycles. The number of aromatic nitrogens is 2. The van der Waals surface area contributed by atoms with E-state index in [0.717, 1.165) is 5.82 Å². The Morgan fingerprint density at radius 3 is 2.89 bits per heavy atom. The molecule has 1 aromatic heterocycles. The van der Waals surface area contributed by atoms with E-state index >= 15 is 0 Å². The highest BCUT2D eigenvalue weighted by Gasteiger charge is 2.13. The fraction of sp³-hybridized carbons (Fsp3) is 0.250. The van der Waals surface area contributed by atoms with Crippen LogP contribution in [0.3, 0.4) is 0 Å². The minimum atomic E-state index is -3.49. The van der Waals surface area contributed by atoms with Crippen molar-refractivity contribution in [3.63, 3.8) is 0 Å². The Hall–Kier alpha value is -1.37. The molecule has 0 saturated carbocycles. The zero-order valence-corrected chi connectivity index (χ0v) is 11.7. The fourth-order valence-electron chi connectivity index (χ4n) is 1.61. The number of rotatable bonds is 6. The zero-order chi connectivity index (χ0) is 13.7. The summed E-state index contributed by atoms with van der Waals surface area (Å²) in [5.41, 5.74) is 0. The van der Waals surface area contributed by atoms with Gasteiger partial charge in [-0.25, -0.2) is 18.1 Å². The lowest BCUT2D eigenvalue weighted by atomic mass is 10.3. The highest BCUT2D eigenvalue weighted by molar-refractivity contribution is 7.89. The molecule has 0 radical (unpaired) electrons. The van der Waals surface area contributed by atoms with Crippen molar-refractivity contribution in [2.45, 2.75) is 17.7 Å². The lowest BCUT2D eigenvalue weighted by molar-refractivity contribution is 0.578. The van der Waals surface area contributed by atoms with Crippen LogP contribution in [-0.4, -0.2) is 24.9 Å². The van der Waals surface area contributed by atoms with Crippen LogP contribution in [0, 0.1) is 0 Å². The number of H-pyrrole nitrogens is 1. The first-order valence-corrected chi connectivity index (χ1v) is 7.67. The maximum atomic E-state index is 12.0. The van der Waals surface area contributed by atoms with Gasteiger partial charge in [0.15, 0.2) is 0 Å². The molecular formula is C12H14ClN3O2S. The summed E-state index contributed by atoms with van der Waals surface area (Å²) in [6.45, 7) is 0.357. The van der Waals surface area contributed by atoms with Gasteiger partial charge in [0.05, 0.1) is 4.90 Å². The average Bonchev–Trinajstić information content (AvgIpc) is 2.88. The number of benzene rings is 1. The Morgan fingerprint density at radius 2 is 2.21 bits per heavy atom. The maximum absolute atomic E-state index is 12.0. The van der Waals surface area contributed by atoms with Crippen LogP contribution in [0.15, 0.2) is 41.6 Å². The van der Waals surface area contributed by atoms with E-state index in [1.165, 1.54) is 12.1 Å². The lowest BCUT2D eigenvalue weighted by Gasteiger charge is -2.06. The monoisotopic (exact) mass is 299 g/mol. The standard InChI is InChI=1S/C12H14ClN3O2S/c13-10-3-1-4-11(9-10)19(17,18)16-6-2-5-12-14-7-8-15-12/h1,3-4,7-9,16H,2,5-6H2,(H,14,15). The molecular weight excluding hydrogens is 286 g/mol. The summed E-state index contributed by atoms with van der Waals surface area (Å²) in [5, 5.41) is 0.401. The molecule has 2 aromatic rings. The van der Waals surface area contributed by atoms with Crippen LogP contribution >= 0.6 is 11.6 Å². The van der Waals surface area contributed by atoms with Crippen molar-refractivity contribution >= 4 is 21.6 Å². The first-order chi connectivity index (χ1) is 9.08. The second-order valence-corrected chi connectivity index (χ2v) is 6.20. The van der Waals surface area contributed by atoms with Crippen LogP contribution in [0.5, 0.6) is 0 Å². The minimum Gasteiger partial charge on any atom is -0.349 e. The summed E-state index contributed by atoms with van der Waals surface area (Å²) in [6.07, 6.45) is 4.79. The normalized spacial score (nSPS) is 11.6. The number of nitrogens with one attached hydrogen (secondary N) is 2. The van der Waals surface area contributed by atoms with Gasteiger partial charge in [-0.05, 0) is 24.6 Å². The smallest absolute Gasteiger partial charge is 0.240 e. The van der Waals surface area contributed by atoms with Crippen LogP contribution in [0.4, 0.5) is 0 Å². The Bertz CT molecular complexity index is 626. The number of hydrogen-bond acceptors (Lipinski definition) is 3. The maximum Gasteiger partial charge on any atom is 0.240 e. The van der Waals surface area contributed by atoms with Gasteiger partial charge in [0.1, 0.15) is 5.82 Å². The highest BCUT2D eigenvalue weighted by Crippen LogP contribution is 2.15. The molecule has 0 atom stereocenters. The third kappa shape index (κ3) is 4.05. The van der Waals surface area contributed by atoms with Crippen molar-refractivity contribution in [2.24, 2.45) is 0 Å². The molecule has 0 spiro atoms. The van der Waals surface area contributed by atoms with Crippen molar-refractivity contribution in [3.8, 4) is 0 Å². The molecule has 0 amide bonds. The molecule has 1 aromatic carbocycles. The Morgan fingerprint density at radius 1 is 1.37 bits per heavy atom. The van der Waals surface area contributed by atoms with Gasteiger partial charge in [0.25, 0.3) is 0 Å². The molecule has 0 fully saturated rings. The number of aromatic amines is 1. The number of imidazole rings is 1. The third-order valence-corrected chi connectivity index (χ3v) is 4.24. The van der Waals surface area contributed by atoms with E-state index in [1.54, 1.807) is 24.5 Å². The molecule has 0 aliphatic carbocycles. The zero-order valence-electron chi connectivity index (χ0n) is 10.1. The van der Waals surface area contributed by atoms with Gasteiger partial charge in [-0.15, -0.1) is 0 Å². The minimum absolute atomic E-state index is 0.179. The Kier molecular flexibility index (Phi) is 4.57. The fourth-order valence-corrected chi connectivity index (χ4v) is 2.99. The predicted molar refractivity (Wildman–Crippen MR) is 73.5 cm³/mol. The summed E-state index contributed by atoms with van der Waals surface area (Å²) in [5.74, 6) is 0.849. The van der Waals surface area contributed by atoms with Gasteiger partial charge in [-0.1, -0.05) is 17.7 Å². The average molecular weight is 300 g/mol. The van der Waals surface area contributed by atoms with Crippen molar-refractivity contribution in [3.05, 3.63) is 47.5 Å². The van der Waals surface area contributed by atoms with Crippen LogP contribution in [0.1, 0.15) is 12.2 Å². The number of nitrogens with zero attached hydrogens (tertiary/aromatic N) is 1. The summed E-state index contributed by atoms with van der Waals surface area (Å²) in [4.78, 5) is 7.22. The van der Waals surface area contributed by atoms with E-state index in [9.17, 15) is 8.42 Å². The number of sulfonamides is 1. The first kappa shape index (κ1) is 14.0. The summed E-state index contributed by atoms with van der Waals surface area (Å²) in [7, 11) is -3.49. The molecule has 1 heterocycles. The van der Waals surface area contributed by atoms with Crippen LogP contribution in [0.2, 0.25) is 5.02 Å². The molecule has 2 N–H and O–H groups in total. The van der Waals surface area contributed by atoms with E-state index in [-0.39, 0.29) is 4.90 Å². The van der Waals surface area contributed by atoms with Crippen molar-refractivity contribution in [1.82, 2.24) is 14.7 Å². The van der Waals surface area contributed by atoms with E-state index in [1.807, 2.05) is 0 Å². The summed E-state index contributed by atoms with van der Waals surface area (Å²) >= 11 is 5.78. The molecule has 0 unspecified atom stereocenters. The van der Waals surface area contributed by atoms with Crippen molar-refractivity contribution in [1.29, 1.82) is 0 Å². The van der Waals surface area contributed by atoms with Gasteiger partial charge in [0, 0.05) is 30.4 Å². The molecule has 102 valence electrons. The predicted octanol–water partition coefficient (Wildman–Crippen LogP) is 1.97. The molecule has 0 aliphatic heterocycles. The van der Waals surface area contributed by atoms with E-state index in [2.05, 4.69) is 14.7 Å². The quantitative estimate of drug-likeness (QED) is 0.801. The SMILES string of the molecule is O=S(=O)(NCCCc1ncc[nH]1)c1cccc(Cl)c1. The highest BCUT2D eigenvalue weighted by atomic mass is 35.5. The second kappa shape index (κ2) is 6.18. The van der Waals surface area contributed by atoms with Gasteiger partial charge < -0.3 is 4.98 Å². The van der Waals surface area contributed by atoms with Gasteiger partial charge in [0.2, 0.25) is 10.0 Å². The number of halogens is 1. The van der Waals surface area contributed by atoms with Crippen LogP contribution in [0.25, 0.3) is 0 Å². The molecule has 2 rings (SSSR count). The lowest BCUT2D eigenvalue weighted by Crippen LogP contribution is -2.25. The molecule has 19 heavy (non-hydrogen) atoms. The van der Waals surface area contributed by atoms with E-state index < -0.39 is 10.0 Å². The number of hydrogen-bond donors (Lipinski definition) is 2. The Labute approximate surface area is 117 Å². The second-order valence-electron chi connectivity index (χ2n) is 3.99. The molecule has 0 aliphatic rings. The largest absolute Gasteiger partial charge is 0.349 e. The van der Waals surface area contributed by atoms with E-state index in [4.69, 9.17) is 11.6 Å². The molecule has 7 heteroatoms. The van der Waals surface area contributed by atoms with Crippen molar-refractivity contribution in [2.75, 3.05) is 6.54 Å². The third-order valence-electron chi connectivity index (χ3n) is 2.54. The summed E-state index contributed by atoms with van der Waals surface area (Å²) in [6, 6.07) is 6.19. The number of aryl methyl sites for hydroxylation is 1. The van der Waals surface area contributed by atoms with Gasteiger partial charge >= 0.3 is 0 Å². The summed E-state index contributed by atoms with van der Waals surface area (Å²) < 4.78 is 26.4. The molecule has 5 nitrogen and oxygen atoms in total. The van der Waals surface area contributed by atoms with Crippen molar-refractivity contribution < 1.29 is 8.42 Å². The van der Waals surface area contributed by atoms with Crippen LogP contribution < -0.4 is 4.72 Å². The first-order valence-electron chi connectivity index (χ1n) is 5.81. The molecule has 0 bridgehead atoms. The van der Waals surface area contributed by atoms with Gasteiger partial charge in [-0.2, -0.15) is 0 Å². The van der Waals surface area contributed by atoms with Gasteiger partial charge in [-0.3, -0.25) is 0 Å².